The number of hydroxylamine groups is 1. The van der Waals surface area contributed by atoms with Crippen LogP contribution in [0.2, 0.25) is 0 Å². The molecule has 0 bridgehead atoms. The molecule has 0 fully saturated rings. The first kappa shape index (κ1) is 15.8. The van der Waals surface area contributed by atoms with Crippen LogP contribution in [0.4, 0.5) is 5.82 Å². The SMILES string of the molecule is CNOC(C)Cc1cc(NC(C)CCOC)ncn1. The smallest absolute Gasteiger partial charge is 0.129 e. The number of aromatic nitrogens is 2. The lowest BCUT2D eigenvalue weighted by Gasteiger charge is -2.15. The standard InChI is InChI=1S/C13H24N4O2/c1-10(5-6-18-4)17-13-8-12(15-9-16-13)7-11(2)19-14-3/h8-11,14H,5-7H2,1-4H3,(H,15,16,17). The van der Waals surface area contributed by atoms with Crippen molar-refractivity contribution in [3.8, 4) is 0 Å². The molecule has 0 spiro atoms. The van der Waals surface area contributed by atoms with E-state index in [9.17, 15) is 0 Å². The fourth-order valence-corrected chi connectivity index (χ4v) is 1.74. The highest BCUT2D eigenvalue weighted by atomic mass is 16.7. The molecule has 0 saturated carbocycles. The van der Waals surface area contributed by atoms with E-state index in [1.54, 1.807) is 20.5 Å². The first-order valence-electron chi connectivity index (χ1n) is 6.54. The lowest BCUT2D eigenvalue weighted by atomic mass is 10.2. The average Bonchev–Trinajstić information content (AvgIpc) is 2.37. The van der Waals surface area contributed by atoms with E-state index in [-0.39, 0.29) is 6.10 Å². The predicted molar refractivity (Wildman–Crippen MR) is 74.9 cm³/mol. The number of hydrogen-bond acceptors (Lipinski definition) is 6. The molecule has 0 radical (unpaired) electrons. The van der Waals surface area contributed by atoms with E-state index in [1.807, 2.05) is 13.0 Å². The highest BCUT2D eigenvalue weighted by Gasteiger charge is 2.07. The molecule has 0 saturated heterocycles. The van der Waals surface area contributed by atoms with Crippen LogP contribution in [-0.2, 0) is 16.0 Å². The zero-order chi connectivity index (χ0) is 14.1. The molecule has 108 valence electrons. The molecule has 1 aromatic heterocycles. The third-order valence-corrected chi connectivity index (χ3v) is 2.69. The van der Waals surface area contributed by atoms with Crippen molar-refractivity contribution < 1.29 is 9.57 Å². The van der Waals surface area contributed by atoms with Gasteiger partial charge >= 0.3 is 0 Å². The number of nitrogens with zero attached hydrogens (tertiary/aromatic N) is 2. The summed E-state index contributed by atoms with van der Waals surface area (Å²) in [7, 11) is 3.46. The molecule has 6 nitrogen and oxygen atoms in total. The molecule has 0 amide bonds. The topological polar surface area (TPSA) is 68.3 Å². The van der Waals surface area contributed by atoms with Gasteiger partial charge in [0.05, 0.1) is 6.10 Å². The van der Waals surface area contributed by atoms with Crippen molar-refractivity contribution in [2.75, 3.05) is 26.1 Å². The van der Waals surface area contributed by atoms with Crippen LogP contribution in [-0.4, -0.2) is 42.9 Å². The fourth-order valence-electron chi connectivity index (χ4n) is 1.74. The van der Waals surface area contributed by atoms with Crippen LogP contribution < -0.4 is 10.8 Å². The number of methoxy groups -OCH3 is 1. The summed E-state index contributed by atoms with van der Waals surface area (Å²) in [6.07, 6.45) is 3.32. The van der Waals surface area contributed by atoms with E-state index in [2.05, 4.69) is 27.7 Å². The van der Waals surface area contributed by atoms with Gasteiger partial charge in [-0.2, -0.15) is 0 Å². The van der Waals surface area contributed by atoms with E-state index in [1.165, 1.54) is 0 Å². The Bertz CT molecular complexity index is 362. The van der Waals surface area contributed by atoms with E-state index < -0.39 is 0 Å². The first-order chi connectivity index (χ1) is 9.15. The molecule has 1 aromatic rings. The maximum atomic E-state index is 5.27. The second-order valence-electron chi connectivity index (χ2n) is 4.56. The maximum absolute atomic E-state index is 5.27. The summed E-state index contributed by atoms with van der Waals surface area (Å²) in [6, 6.07) is 2.27. The molecule has 2 unspecified atom stereocenters. The number of hydrogen-bond donors (Lipinski definition) is 2. The van der Waals surface area contributed by atoms with E-state index >= 15 is 0 Å². The average molecular weight is 268 g/mol. The molecule has 0 aliphatic carbocycles. The molecular formula is C13H24N4O2. The number of nitrogens with one attached hydrogen (secondary N) is 2. The largest absolute Gasteiger partial charge is 0.385 e. The van der Waals surface area contributed by atoms with Gasteiger partial charge in [0.15, 0.2) is 0 Å². The van der Waals surface area contributed by atoms with E-state index in [0.29, 0.717) is 6.04 Å². The van der Waals surface area contributed by atoms with Crippen molar-refractivity contribution in [2.45, 2.75) is 38.8 Å². The Morgan fingerprint density at radius 3 is 2.79 bits per heavy atom. The minimum Gasteiger partial charge on any atom is -0.385 e. The van der Waals surface area contributed by atoms with Crippen LogP contribution >= 0.6 is 0 Å². The van der Waals surface area contributed by atoms with Gasteiger partial charge in [0.2, 0.25) is 0 Å². The molecule has 0 aromatic carbocycles. The third-order valence-electron chi connectivity index (χ3n) is 2.69. The second kappa shape index (κ2) is 8.79. The van der Waals surface area contributed by atoms with Crippen molar-refractivity contribution in [2.24, 2.45) is 0 Å². The number of rotatable bonds is 9. The summed E-state index contributed by atoms with van der Waals surface area (Å²) in [5.41, 5.74) is 3.64. The lowest BCUT2D eigenvalue weighted by molar-refractivity contribution is -0.00108. The van der Waals surface area contributed by atoms with Crippen LogP contribution in [0.1, 0.15) is 26.0 Å². The fraction of sp³-hybridized carbons (Fsp3) is 0.692. The van der Waals surface area contributed by atoms with Crippen molar-refractivity contribution in [3.63, 3.8) is 0 Å². The Balaban J connectivity index is 2.51. The Hall–Kier alpha value is -1.24. The highest BCUT2D eigenvalue weighted by Crippen LogP contribution is 2.09. The molecule has 1 rings (SSSR count). The van der Waals surface area contributed by atoms with Crippen molar-refractivity contribution >= 4 is 5.82 Å². The Kier molecular flexibility index (Phi) is 7.32. The van der Waals surface area contributed by atoms with Gasteiger partial charge in [0, 0.05) is 45.0 Å². The van der Waals surface area contributed by atoms with Gasteiger partial charge in [-0.25, -0.2) is 15.4 Å². The van der Waals surface area contributed by atoms with Gasteiger partial charge in [-0.15, -0.1) is 0 Å². The summed E-state index contributed by atoms with van der Waals surface area (Å²) in [6.45, 7) is 4.83. The molecule has 19 heavy (non-hydrogen) atoms. The van der Waals surface area contributed by atoms with Crippen molar-refractivity contribution in [1.29, 1.82) is 0 Å². The summed E-state index contributed by atoms with van der Waals surface area (Å²) >= 11 is 0. The minimum absolute atomic E-state index is 0.0682. The van der Waals surface area contributed by atoms with Gasteiger partial charge in [-0.05, 0) is 20.3 Å². The van der Waals surface area contributed by atoms with Gasteiger partial charge in [-0.3, -0.25) is 4.84 Å². The molecule has 1 heterocycles. The molecule has 0 aliphatic heterocycles. The lowest BCUT2D eigenvalue weighted by Crippen LogP contribution is -2.21. The third kappa shape index (κ3) is 6.47. The van der Waals surface area contributed by atoms with Gasteiger partial charge in [0.1, 0.15) is 12.1 Å². The normalized spacial score (nSPS) is 14.1. The van der Waals surface area contributed by atoms with E-state index in [0.717, 1.165) is 31.0 Å². The number of anilines is 1. The number of ether oxygens (including phenoxy) is 1. The monoisotopic (exact) mass is 268 g/mol. The van der Waals surface area contributed by atoms with Crippen LogP contribution in [0.15, 0.2) is 12.4 Å². The van der Waals surface area contributed by atoms with Crippen LogP contribution in [0, 0.1) is 0 Å². The molecular weight excluding hydrogens is 244 g/mol. The van der Waals surface area contributed by atoms with Gasteiger partial charge in [0.25, 0.3) is 0 Å². The van der Waals surface area contributed by atoms with Crippen molar-refractivity contribution in [3.05, 3.63) is 18.1 Å². The first-order valence-corrected chi connectivity index (χ1v) is 6.54. The molecule has 2 atom stereocenters. The molecule has 2 N–H and O–H groups in total. The minimum atomic E-state index is 0.0682. The van der Waals surface area contributed by atoms with Crippen LogP contribution in [0.5, 0.6) is 0 Å². The summed E-state index contributed by atoms with van der Waals surface area (Å²) in [5, 5.41) is 3.33. The predicted octanol–water partition coefficient (Wildman–Crippen LogP) is 1.40. The van der Waals surface area contributed by atoms with Crippen LogP contribution in [0.3, 0.4) is 0 Å². The second-order valence-corrected chi connectivity index (χ2v) is 4.56. The van der Waals surface area contributed by atoms with E-state index in [4.69, 9.17) is 9.57 Å². The van der Waals surface area contributed by atoms with Gasteiger partial charge in [-0.1, -0.05) is 0 Å². The zero-order valence-electron chi connectivity index (χ0n) is 12.1. The zero-order valence-corrected chi connectivity index (χ0v) is 12.1. The van der Waals surface area contributed by atoms with Crippen molar-refractivity contribution in [1.82, 2.24) is 15.4 Å². The Labute approximate surface area is 114 Å². The summed E-state index contributed by atoms with van der Waals surface area (Å²) in [5.74, 6) is 0.838. The van der Waals surface area contributed by atoms with Crippen LogP contribution in [0.25, 0.3) is 0 Å². The molecule has 6 heteroatoms. The Morgan fingerprint density at radius 2 is 2.11 bits per heavy atom. The highest BCUT2D eigenvalue weighted by molar-refractivity contribution is 5.35. The Morgan fingerprint density at radius 1 is 1.32 bits per heavy atom. The molecule has 0 aliphatic rings. The summed E-state index contributed by atoms with van der Waals surface area (Å²) < 4.78 is 5.06. The summed E-state index contributed by atoms with van der Waals surface area (Å²) in [4.78, 5) is 13.7. The quantitative estimate of drug-likeness (QED) is 0.660. The van der Waals surface area contributed by atoms with Gasteiger partial charge < -0.3 is 10.1 Å². The maximum Gasteiger partial charge on any atom is 0.129 e.